The van der Waals surface area contributed by atoms with E-state index in [9.17, 15) is 0 Å². The van der Waals surface area contributed by atoms with E-state index in [1.165, 1.54) is 38.5 Å². The van der Waals surface area contributed by atoms with Gasteiger partial charge in [-0.05, 0) is 25.2 Å². The van der Waals surface area contributed by atoms with Gasteiger partial charge in [0, 0.05) is 39.4 Å². The summed E-state index contributed by atoms with van der Waals surface area (Å²) in [6.45, 7) is 6.50. The molecule has 1 fully saturated rings. The van der Waals surface area contributed by atoms with E-state index in [0.717, 1.165) is 38.8 Å². The van der Waals surface area contributed by atoms with Gasteiger partial charge in [0.25, 0.3) is 0 Å². The summed E-state index contributed by atoms with van der Waals surface area (Å²) >= 11 is 0. The molecule has 120 valence electrons. The lowest BCUT2D eigenvalue weighted by molar-refractivity contribution is 0.0272. The Morgan fingerprint density at radius 2 is 1.75 bits per heavy atom. The fourth-order valence-electron chi connectivity index (χ4n) is 3.51. The maximum atomic E-state index is 6.22. The zero-order chi connectivity index (χ0) is 14.8. The predicted molar refractivity (Wildman–Crippen MR) is 84.0 cm³/mol. The average Bonchev–Trinajstić information content (AvgIpc) is 2.70. The number of methoxy groups -OCH3 is 2. The van der Waals surface area contributed by atoms with Crippen LogP contribution in [0, 0.1) is 5.92 Å². The van der Waals surface area contributed by atoms with Crippen molar-refractivity contribution in [1.82, 2.24) is 4.90 Å². The molecule has 0 aromatic heterocycles. The van der Waals surface area contributed by atoms with Crippen LogP contribution in [0.4, 0.5) is 0 Å². The number of hydrogen-bond donors (Lipinski definition) is 1. The van der Waals surface area contributed by atoms with Crippen LogP contribution in [-0.4, -0.2) is 57.5 Å². The van der Waals surface area contributed by atoms with Crippen LogP contribution in [-0.2, 0) is 9.47 Å². The topological polar surface area (TPSA) is 47.7 Å². The molecule has 4 heteroatoms. The Balaban J connectivity index is 2.73. The van der Waals surface area contributed by atoms with Crippen molar-refractivity contribution in [3.63, 3.8) is 0 Å². The summed E-state index contributed by atoms with van der Waals surface area (Å²) in [4.78, 5) is 2.53. The average molecular weight is 286 g/mol. The van der Waals surface area contributed by atoms with Crippen LogP contribution in [0.25, 0.3) is 0 Å². The van der Waals surface area contributed by atoms with Crippen LogP contribution in [0.15, 0.2) is 0 Å². The van der Waals surface area contributed by atoms with Crippen LogP contribution in [0.5, 0.6) is 0 Å². The second-order valence-electron chi connectivity index (χ2n) is 6.11. The van der Waals surface area contributed by atoms with Gasteiger partial charge in [0.2, 0.25) is 0 Å². The molecule has 0 bridgehead atoms. The molecule has 0 spiro atoms. The summed E-state index contributed by atoms with van der Waals surface area (Å²) < 4.78 is 10.6. The Hall–Kier alpha value is -0.160. The number of nitrogens with two attached hydrogens (primary N) is 1. The Labute approximate surface area is 125 Å². The summed E-state index contributed by atoms with van der Waals surface area (Å²) in [5.41, 5.74) is 6.37. The fourth-order valence-corrected chi connectivity index (χ4v) is 3.51. The molecule has 20 heavy (non-hydrogen) atoms. The van der Waals surface area contributed by atoms with Gasteiger partial charge in [0.05, 0.1) is 13.2 Å². The van der Waals surface area contributed by atoms with E-state index < -0.39 is 0 Å². The van der Waals surface area contributed by atoms with E-state index in [1.54, 1.807) is 14.2 Å². The van der Waals surface area contributed by atoms with Crippen molar-refractivity contribution < 1.29 is 9.47 Å². The highest BCUT2D eigenvalue weighted by Gasteiger charge is 2.36. The number of hydrogen-bond acceptors (Lipinski definition) is 4. The van der Waals surface area contributed by atoms with Crippen molar-refractivity contribution in [2.24, 2.45) is 11.7 Å². The number of ether oxygens (including phenoxy) is 2. The molecule has 0 aromatic carbocycles. The Morgan fingerprint density at radius 3 is 2.25 bits per heavy atom. The lowest BCUT2D eigenvalue weighted by Crippen LogP contribution is -2.55. The molecule has 0 saturated heterocycles. The molecule has 4 nitrogen and oxygen atoms in total. The lowest BCUT2D eigenvalue weighted by Gasteiger charge is -2.43. The van der Waals surface area contributed by atoms with Gasteiger partial charge in [-0.1, -0.05) is 26.2 Å². The van der Waals surface area contributed by atoms with E-state index in [0.29, 0.717) is 0 Å². The van der Waals surface area contributed by atoms with Crippen molar-refractivity contribution in [2.45, 2.75) is 51.0 Å². The molecule has 2 unspecified atom stereocenters. The minimum absolute atomic E-state index is 0.154. The van der Waals surface area contributed by atoms with Crippen LogP contribution >= 0.6 is 0 Å². The van der Waals surface area contributed by atoms with Gasteiger partial charge in [-0.3, -0.25) is 4.90 Å². The van der Waals surface area contributed by atoms with Gasteiger partial charge in [-0.25, -0.2) is 0 Å². The summed E-state index contributed by atoms with van der Waals surface area (Å²) in [6, 6.07) is 0. The zero-order valence-corrected chi connectivity index (χ0v) is 13.7. The Kier molecular flexibility index (Phi) is 8.69. The van der Waals surface area contributed by atoms with Crippen LogP contribution in [0.2, 0.25) is 0 Å². The summed E-state index contributed by atoms with van der Waals surface area (Å²) in [7, 11) is 3.54. The summed E-state index contributed by atoms with van der Waals surface area (Å²) in [6.07, 6.45) is 7.70. The molecule has 1 saturated carbocycles. The number of rotatable bonds is 9. The standard InChI is InChI=1S/C16H34N2O2/c1-4-15-6-5-8-16(14-17,9-7-15)18(10-12-19-2)11-13-20-3/h15H,4-14,17H2,1-3H3. The third-order valence-corrected chi connectivity index (χ3v) is 5.03. The minimum atomic E-state index is 0.154. The molecule has 1 aliphatic rings. The third-order valence-electron chi connectivity index (χ3n) is 5.03. The highest BCUT2D eigenvalue weighted by atomic mass is 16.5. The summed E-state index contributed by atoms with van der Waals surface area (Å²) in [5, 5.41) is 0. The van der Waals surface area contributed by atoms with E-state index in [4.69, 9.17) is 15.2 Å². The van der Waals surface area contributed by atoms with Crippen molar-refractivity contribution >= 4 is 0 Å². The Morgan fingerprint density at radius 1 is 1.10 bits per heavy atom. The van der Waals surface area contributed by atoms with Gasteiger partial charge in [-0.2, -0.15) is 0 Å². The van der Waals surface area contributed by atoms with Gasteiger partial charge < -0.3 is 15.2 Å². The van der Waals surface area contributed by atoms with Gasteiger partial charge >= 0.3 is 0 Å². The molecule has 1 rings (SSSR count). The molecule has 2 atom stereocenters. The monoisotopic (exact) mass is 286 g/mol. The van der Waals surface area contributed by atoms with E-state index in [2.05, 4.69) is 11.8 Å². The van der Waals surface area contributed by atoms with E-state index in [1.807, 2.05) is 0 Å². The highest BCUT2D eigenvalue weighted by Crippen LogP contribution is 2.35. The first-order chi connectivity index (χ1) is 9.72. The third kappa shape index (κ3) is 4.99. The zero-order valence-electron chi connectivity index (χ0n) is 13.7. The van der Waals surface area contributed by atoms with E-state index in [-0.39, 0.29) is 5.54 Å². The predicted octanol–water partition coefficient (Wildman–Crippen LogP) is 2.27. The van der Waals surface area contributed by atoms with Crippen LogP contribution in [0.1, 0.15) is 45.4 Å². The van der Waals surface area contributed by atoms with Crippen molar-refractivity contribution in [3.8, 4) is 0 Å². The van der Waals surface area contributed by atoms with Crippen molar-refractivity contribution in [1.29, 1.82) is 0 Å². The van der Waals surface area contributed by atoms with Gasteiger partial charge in [0.15, 0.2) is 0 Å². The molecule has 0 radical (unpaired) electrons. The quantitative estimate of drug-likeness (QED) is 0.661. The van der Waals surface area contributed by atoms with Crippen LogP contribution in [0.3, 0.4) is 0 Å². The first-order valence-corrected chi connectivity index (χ1v) is 8.15. The maximum absolute atomic E-state index is 6.22. The number of nitrogens with zero attached hydrogens (tertiary/aromatic N) is 1. The van der Waals surface area contributed by atoms with Gasteiger partial charge in [0.1, 0.15) is 0 Å². The maximum Gasteiger partial charge on any atom is 0.0589 e. The molecule has 0 aliphatic heterocycles. The fraction of sp³-hybridized carbons (Fsp3) is 1.00. The first kappa shape index (κ1) is 17.9. The Bertz CT molecular complexity index is 243. The molecule has 0 amide bonds. The molecular formula is C16H34N2O2. The molecule has 1 aliphatic carbocycles. The lowest BCUT2D eigenvalue weighted by atomic mass is 9.87. The normalized spacial score (nSPS) is 27.8. The molecule has 2 N–H and O–H groups in total. The van der Waals surface area contributed by atoms with Crippen LogP contribution < -0.4 is 5.73 Å². The first-order valence-electron chi connectivity index (χ1n) is 8.15. The van der Waals surface area contributed by atoms with E-state index >= 15 is 0 Å². The molecule has 0 heterocycles. The minimum Gasteiger partial charge on any atom is -0.383 e. The molecule has 0 aromatic rings. The second-order valence-corrected chi connectivity index (χ2v) is 6.11. The summed E-state index contributed by atoms with van der Waals surface area (Å²) in [5.74, 6) is 0.884. The largest absolute Gasteiger partial charge is 0.383 e. The molecular weight excluding hydrogens is 252 g/mol. The van der Waals surface area contributed by atoms with Gasteiger partial charge in [-0.15, -0.1) is 0 Å². The highest BCUT2D eigenvalue weighted by molar-refractivity contribution is 4.94. The second kappa shape index (κ2) is 9.72. The van der Waals surface area contributed by atoms with Crippen molar-refractivity contribution in [3.05, 3.63) is 0 Å². The smallest absolute Gasteiger partial charge is 0.0589 e. The SMILES string of the molecule is CCC1CCCC(CN)(N(CCOC)CCOC)CC1. The van der Waals surface area contributed by atoms with Crippen molar-refractivity contribution in [2.75, 3.05) is 47.1 Å².